The Morgan fingerprint density at radius 2 is 1.68 bits per heavy atom. The number of piperazine rings is 2. The first-order valence-corrected chi connectivity index (χ1v) is 26.6. The van der Waals surface area contributed by atoms with Crippen LogP contribution in [0.2, 0.25) is 0 Å². The highest BCUT2D eigenvalue weighted by Crippen LogP contribution is 2.47. The highest BCUT2D eigenvalue weighted by molar-refractivity contribution is 6.06. The third-order valence-electron chi connectivity index (χ3n) is 17.2. The van der Waals surface area contributed by atoms with E-state index in [0.29, 0.717) is 60.7 Å². The summed E-state index contributed by atoms with van der Waals surface area (Å²) in [5.41, 5.74) is 2.31. The van der Waals surface area contributed by atoms with Gasteiger partial charge in [0.25, 0.3) is 5.91 Å². The topological polar surface area (TPSA) is 192 Å². The lowest BCUT2D eigenvalue weighted by atomic mass is 9.95. The number of hydrogen-bond acceptors (Lipinski definition) is 14. The fourth-order valence-electron chi connectivity index (χ4n) is 12.8. The third kappa shape index (κ3) is 9.06. The molecule has 4 atom stereocenters. The summed E-state index contributed by atoms with van der Waals surface area (Å²) in [6.45, 7) is 10.7. The maximum absolute atomic E-state index is 17.4. The number of amides is 4. The number of piperidine rings is 2. The second-order valence-corrected chi connectivity index (χ2v) is 22.1. The van der Waals surface area contributed by atoms with Crippen LogP contribution in [-0.4, -0.2) is 153 Å². The molecule has 0 radical (unpaired) electrons. The van der Waals surface area contributed by atoms with Crippen LogP contribution < -0.4 is 19.9 Å². The fourth-order valence-corrected chi connectivity index (χ4v) is 12.8. The Balaban J connectivity index is 0.704. The van der Waals surface area contributed by atoms with E-state index in [1.807, 2.05) is 21.9 Å². The van der Waals surface area contributed by atoms with Crippen LogP contribution in [0.25, 0.3) is 32.9 Å². The minimum absolute atomic E-state index is 0.00321. The molecule has 2 bridgehead atoms. The Morgan fingerprint density at radius 3 is 2.39 bits per heavy atom. The Labute approximate surface area is 438 Å². The number of carbonyl (C=O) groups is 4. The van der Waals surface area contributed by atoms with Crippen molar-refractivity contribution < 1.29 is 37.8 Å². The molecule has 17 nitrogen and oxygen atoms in total. The lowest BCUT2D eigenvalue weighted by Gasteiger charge is -2.42. The number of nitrogens with zero attached hydrogens (tertiary/aromatic N) is 10. The first kappa shape index (κ1) is 49.4. The molecular weight excluding hydrogens is 973 g/mol. The molecule has 6 aliphatic heterocycles. The zero-order valence-corrected chi connectivity index (χ0v) is 42.4. The first-order valence-electron chi connectivity index (χ1n) is 26.6. The highest BCUT2D eigenvalue weighted by Gasteiger charge is 2.47. The highest BCUT2D eigenvalue weighted by atomic mass is 19.1. The number of aromatic hydroxyl groups is 1. The number of halogens is 2. The Hall–Kier alpha value is -7.48. The van der Waals surface area contributed by atoms with Gasteiger partial charge in [-0.05, 0) is 105 Å². The van der Waals surface area contributed by atoms with Crippen LogP contribution in [0.15, 0.2) is 48.7 Å². The van der Waals surface area contributed by atoms with Crippen molar-refractivity contribution >= 4 is 56.8 Å². The van der Waals surface area contributed by atoms with Crippen molar-refractivity contribution in [3.8, 4) is 41.4 Å². The number of nitriles is 1. The smallest absolute Gasteiger partial charge is 0.319 e. The van der Waals surface area contributed by atoms with Crippen LogP contribution in [0.4, 0.5) is 20.3 Å². The van der Waals surface area contributed by atoms with E-state index in [1.165, 1.54) is 30.5 Å². The number of hydrogen-bond donors (Lipinski definition) is 2. The zero-order chi connectivity index (χ0) is 52.6. The predicted octanol–water partition coefficient (Wildman–Crippen LogP) is 5.60. The number of fused-ring (bicyclic) bond motifs is 5. The van der Waals surface area contributed by atoms with Gasteiger partial charge in [0.2, 0.25) is 17.7 Å². The van der Waals surface area contributed by atoms with E-state index in [1.54, 1.807) is 11.8 Å². The predicted molar refractivity (Wildman–Crippen MR) is 278 cm³/mol. The molecule has 392 valence electrons. The van der Waals surface area contributed by atoms with Crippen LogP contribution >= 0.6 is 0 Å². The van der Waals surface area contributed by atoms with Crippen molar-refractivity contribution in [1.82, 2.24) is 39.9 Å². The van der Waals surface area contributed by atoms with Crippen molar-refractivity contribution in [1.29, 1.82) is 5.26 Å². The normalized spacial score (nSPS) is 23.2. The molecule has 2 aromatic heterocycles. The van der Waals surface area contributed by atoms with Gasteiger partial charge in [-0.1, -0.05) is 12.0 Å². The SMILES string of the molecule is C#Cc1c(F)ccc2cc(O)cc(-c3ncc4c(N5CC6CCC(C5)N6C(=O)[C@@H](C)C#N)nc(OCC5(CN6CCN(CC7CCN(c8ccc9c(c8)CN(C8CCC(=O)NC8=O)C9=O)CC7)CC6)CC5)nc4c3F)c12. The average molecular weight is 1030 g/mol. The standard InChI is InChI=1S/C57H59F2N11O6/c1-3-41-45(58)9-4-35-23-40(71)24-43(48(35)41)50-49(59)51-44(26-61-50)52(68-29-38-5-6-39(30-68)70(38)54(74)33(2)25-60)64-56(63-51)76-32-57(14-15-57)31-66-20-18-65(19-21-66)27-34-12-16-67(17-13-34)37-7-8-42-36(22-37)28-69(55(42)75)46-10-11-47(72)62-53(46)73/h1,4,7-9,22-24,26,33-34,38-39,46,71H,5-6,10-21,27-32H2,2H3,(H,62,72,73)/t33-,38?,39?,46?/m0/s1. The summed E-state index contributed by atoms with van der Waals surface area (Å²) in [4.78, 5) is 78.1. The van der Waals surface area contributed by atoms with Gasteiger partial charge in [-0.25, -0.2) is 8.78 Å². The fraction of sp³-hybridized carbons (Fsp3) is 0.474. The van der Waals surface area contributed by atoms with E-state index >= 15 is 8.78 Å². The van der Waals surface area contributed by atoms with Crippen LogP contribution in [0.5, 0.6) is 11.8 Å². The lowest BCUT2D eigenvalue weighted by Crippen LogP contribution is -2.57. The van der Waals surface area contributed by atoms with Gasteiger partial charge in [0.15, 0.2) is 5.82 Å². The van der Waals surface area contributed by atoms with E-state index < -0.39 is 29.5 Å². The molecule has 4 amide bonds. The number of phenolic OH excluding ortho intramolecular Hbond substituents is 1. The number of carbonyl (C=O) groups excluding carboxylic acids is 4. The Morgan fingerprint density at radius 1 is 0.934 bits per heavy atom. The average Bonchev–Trinajstić information content (AvgIpc) is 4.04. The summed E-state index contributed by atoms with van der Waals surface area (Å²) >= 11 is 0. The molecule has 7 aliphatic rings. The van der Waals surface area contributed by atoms with Crippen LogP contribution in [-0.2, 0) is 20.9 Å². The second-order valence-electron chi connectivity index (χ2n) is 22.1. The minimum Gasteiger partial charge on any atom is -0.508 e. The van der Waals surface area contributed by atoms with Gasteiger partial charge in [0.05, 0.1) is 23.6 Å². The number of benzene rings is 3. The van der Waals surface area contributed by atoms with Gasteiger partial charge >= 0.3 is 6.01 Å². The molecule has 8 heterocycles. The number of imide groups is 1. The van der Waals surface area contributed by atoms with Crippen molar-refractivity contribution in [2.75, 3.05) is 81.9 Å². The molecule has 5 saturated heterocycles. The monoisotopic (exact) mass is 1030 g/mol. The first-order chi connectivity index (χ1) is 36.8. The minimum atomic E-state index is -0.811. The summed E-state index contributed by atoms with van der Waals surface area (Å²) in [7, 11) is 0. The van der Waals surface area contributed by atoms with Crippen molar-refractivity contribution in [2.24, 2.45) is 17.3 Å². The summed E-state index contributed by atoms with van der Waals surface area (Å²) < 4.78 is 39.0. The molecule has 5 aromatic rings. The number of nitrogens with one attached hydrogen (secondary N) is 1. The van der Waals surface area contributed by atoms with Gasteiger partial charge in [-0.3, -0.25) is 29.5 Å². The largest absolute Gasteiger partial charge is 0.508 e. The molecular formula is C57H59F2N11O6. The number of anilines is 2. The van der Waals surface area contributed by atoms with Crippen molar-refractivity contribution in [3.05, 3.63) is 77.0 Å². The summed E-state index contributed by atoms with van der Waals surface area (Å²) in [5.74, 6) is -0.0988. The molecule has 1 saturated carbocycles. The van der Waals surface area contributed by atoms with Gasteiger partial charge < -0.3 is 39.2 Å². The Kier molecular flexibility index (Phi) is 12.7. The molecule has 1 aliphatic carbocycles. The maximum atomic E-state index is 17.4. The van der Waals surface area contributed by atoms with Crippen molar-refractivity contribution in [3.63, 3.8) is 0 Å². The maximum Gasteiger partial charge on any atom is 0.319 e. The van der Waals surface area contributed by atoms with Crippen LogP contribution in [0, 0.1) is 52.6 Å². The zero-order valence-electron chi connectivity index (χ0n) is 42.4. The molecule has 19 heteroatoms. The quantitative estimate of drug-likeness (QED) is 0.116. The number of aromatic nitrogens is 3. The van der Waals surface area contributed by atoms with Gasteiger partial charge in [0, 0.05) is 124 Å². The molecule has 0 spiro atoms. The van der Waals surface area contributed by atoms with Gasteiger partial charge in [0.1, 0.15) is 40.6 Å². The lowest BCUT2D eigenvalue weighted by molar-refractivity contribution is -0.137. The van der Waals surface area contributed by atoms with E-state index in [-0.39, 0.29) is 81.1 Å². The number of ether oxygens (including phenoxy) is 1. The van der Waals surface area contributed by atoms with Gasteiger partial charge in [-0.2, -0.15) is 15.2 Å². The Bertz CT molecular complexity index is 3290. The molecule has 2 N–H and O–H groups in total. The van der Waals surface area contributed by atoms with E-state index in [9.17, 15) is 29.5 Å². The number of rotatable bonds is 12. The summed E-state index contributed by atoms with van der Waals surface area (Å²) in [5, 5.41) is 23.7. The van der Waals surface area contributed by atoms with Crippen LogP contribution in [0.3, 0.4) is 0 Å². The second kappa shape index (κ2) is 19.6. The molecule has 12 rings (SSSR count). The van der Waals surface area contributed by atoms with E-state index in [2.05, 4.69) is 43.1 Å². The van der Waals surface area contributed by atoms with E-state index in [0.717, 1.165) is 102 Å². The number of phenols is 1. The summed E-state index contributed by atoms with van der Waals surface area (Å²) in [6.07, 6.45) is 13.4. The van der Waals surface area contributed by atoms with Crippen molar-refractivity contribution in [2.45, 2.75) is 83.0 Å². The molecule has 6 fully saturated rings. The number of terminal acetylenes is 1. The van der Waals surface area contributed by atoms with Gasteiger partial charge in [-0.15, -0.1) is 6.42 Å². The molecule has 3 aromatic carbocycles. The van der Waals surface area contributed by atoms with E-state index in [4.69, 9.17) is 21.1 Å². The summed E-state index contributed by atoms with van der Waals surface area (Å²) in [6, 6.07) is 12.5. The molecule has 3 unspecified atom stereocenters. The molecule has 76 heavy (non-hydrogen) atoms. The van der Waals surface area contributed by atoms with Crippen LogP contribution in [0.1, 0.15) is 79.8 Å². The third-order valence-corrected chi connectivity index (χ3v) is 17.2. The number of pyridine rings is 1.